The van der Waals surface area contributed by atoms with E-state index in [0.29, 0.717) is 10.8 Å². The van der Waals surface area contributed by atoms with Crippen molar-refractivity contribution >= 4 is 29.5 Å². The third-order valence-electron chi connectivity index (χ3n) is 2.58. The SMILES string of the molecule is CNC(=O)NC(=O)[C@@H](C)OC(=O)[C@H](C)Oc1ccc(Cl)cc1. The van der Waals surface area contributed by atoms with Crippen LogP contribution in [0, 0.1) is 0 Å². The predicted molar refractivity (Wildman–Crippen MR) is 79.7 cm³/mol. The molecule has 0 heterocycles. The fraction of sp³-hybridized carbons (Fsp3) is 0.357. The molecule has 0 bridgehead atoms. The van der Waals surface area contributed by atoms with Crippen molar-refractivity contribution in [2.45, 2.75) is 26.1 Å². The predicted octanol–water partition coefficient (Wildman–Crippen LogP) is 1.49. The van der Waals surface area contributed by atoms with Crippen molar-refractivity contribution in [2.75, 3.05) is 7.05 Å². The van der Waals surface area contributed by atoms with E-state index in [1.54, 1.807) is 24.3 Å². The molecule has 7 nitrogen and oxygen atoms in total. The first-order valence-electron chi connectivity index (χ1n) is 6.48. The van der Waals surface area contributed by atoms with Crippen LogP contribution in [0.15, 0.2) is 24.3 Å². The number of amides is 3. The van der Waals surface area contributed by atoms with Gasteiger partial charge in [0, 0.05) is 12.1 Å². The first kappa shape index (κ1) is 17.8. The van der Waals surface area contributed by atoms with Gasteiger partial charge in [-0.2, -0.15) is 0 Å². The van der Waals surface area contributed by atoms with Gasteiger partial charge in [0.05, 0.1) is 0 Å². The van der Waals surface area contributed by atoms with Crippen LogP contribution in [0.2, 0.25) is 5.02 Å². The standard InChI is InChI=1S/C14H17ClN2O5/c1-8(12(18)17-14(20)16-3)22-13(19)9(2)21-11-6-4-10(15)5-7-11/h4-9H,1-3H3,(H2,16,17,18,20)/t8-,9+/m1/s1. The van der Waals surface area contributed by atoms with Gasteiger partial charge in [-0.3, -0.25) is 10.1 Å². The number of halogens is 1. The van der Waals surface area contributed by atoms with Gasteiger partial charge in [0.2, 0.25) is 0 Å². The van der Waals surface area contributed by atoms with E-state index in [9.17, 15) is 14.4 Å². The first-order valence-corrected chi connectivity index (χ1v) is 6.86. The lowest BCUT2D eigenvalue weighted by molar-refractivity contribution is -0.160. The molecule has 0 aliphatic rings. The van der Waals surface area contributed by atoms with Crippen LogP contribution in [0.1, 0.15) is 13.8 Å². The number of benzene rings is 1. The second-order valence-corrected chi connectivity index (χ2v) is 4.80. The summed E-state index contributed by atoms with van der Waals surface area (Å²) in [5.74, 6) is -1.02. The van der Waals surface area contributed by atoms with Gasteiger partial charge >= 0.3 is 12.0 Å². The molecule has 2 atom stereocenters. The molecule has 0 spiro atoms. The number of urea groups is 1. The number of carbonyl (C=O) groups is 3. The second kappa shape index (κ2) is 8.23. The Balaban J connectivity index is 2.51. The molecule has 0 unspecified atom stereocenters. The molecule has 1 rings (SSSR count). The Hall–Kier alpha value is -2.28. The third kappa shape index (κ3) is 5.61. The molecule has 22 heavy (non-hydrogen) atoms. The molecule has 0 saturated heterocycles. The number of rotatable bonds is 5. The number of hydrogen-bond acceptors (Lipinski definition) is 5. The van der Waals surface area contributed by atoms with Gasteiger partial charge in [-0.1, -0.05) is 11.6 Å². The van der Waals surface area contributed by atoms with E-state index < -0.39 is 30.1 Å². The van der Waals surface area contributed by atoms with E-state index in [0.717, 1.165) is 0 Å². The highest BCUT2D eigenvalue weighted by atomic mass is 35.5. The molecule has 120 valence electrons. The normalized spacial score (nSPS) is 12.7. The molecule has 0 aliphatic heterocycles. The van der Waals surface area contributed by atoms with Crippen molar-refractivity contribution in [3.63, 3.8) is 0 Å². The molecule has 0 aliphatic carbocycles. The first-order chi connectivity index (χ1) is 10.3. The monoisotopic (exact) mass is 328 g/mol. The molecule has 8 heteroatoms. The van der Waals surface area contributed by atoms with Crippen molar-refractivity contribution in [1.29, 1.82) is 0 Å². The Morgan fingerprint density at radius 3 is 2.23 bits per heavy atom. The molecule has 3 amide bonds. The summed E-state index contributed by atoms with van der Waals surface area (Å²) in [4.78, 5) is 34.4. The van der Waals surface area contributed by atoms with E-state index in [-0.39, 0.29) is 0 Å². The topological polar surface area (TPSA) is 93.7 Å². The summed E-state index contributed by atoms with van der Waals surface area (Å²) in [5.41, 5.74) is 0. The minimum Gasteiger partial charge on any atom is -0.479 e. The van der Waals surface area contributed by atoms with Crippen LogP contribution in [-0.4, -0.2) is 37.2 Å². The van der Waals surface area contributed by atoms with Crippen LogP contribution in [0.3, 0.4) is 0 Å². The zero-order chi connectivity index (χ0) is 16.7. The zero-order valence-electron chi connectivity index (χ0n) is 12.4. The van der Waals surface area contributed by atoms with Gasteiger partial charge in [-0.25, -0.2) is 9.59 Å². The summed E-state index contributed by atoms with van der Waals surface area (Å²) < 4.78 is 10.3. The maximum absolute atomic E-state index is 11.8. The number of carbonyl (C=O) groups excluding carboxylic acids is 3. The van der Waals surface area contributed by atoms with Gasteiger partial charge in [0.25, 0.3) is 5.91 Å². The lowest BCUT2D eigenvalue weighted by Crippen LogP contribution is -2.44. The summed E-state index contributed by atoms with van der Waals surface area (Å²) in [7, 11) is 1.36. The van der Waals surface area contributed by atoms with E-state index in [1.807, 2.05) is 5.32 Å². The van der Waals surface area contributed by atoms with Crippen molar-refractivity contribution in [3.05, 3.63) is 29.3 Å². The van der Waals surface area contributed by atoms with Gasteiger partial charge in [0.1, 0.15) is 5.75 Å². The fourth-order valence-electron chi connectivity index (χ4n) is 1.36. The Labute approximate surface area is 132 Å². The second-order valence-electron chi connectivity index (χ2n) is 4.36. The zero-order valence-corrected chi connectivity index (χ0v) is 13.1. The van der Waals surface area contributed by atoms with Gasteiger partial charge < -0.3 is 14.8 Å². The van der Waals surface area contributed by atoms with Crippen LogP contribution in [-0.2, 0) is 14.3 Å². The smallest absolute Gasteiger partial charge is 0.347 e. The van der Waals surface area contributed by atoms with Crippen LogP contribution < -0.4 is 15.4 Å². The van der Waals surface area contributed by atoms with E-state index in [1.165, 1.54) is 20.9 Å². The molecule has 0 aromatic heterocycles. The minimum absolute atomic E-state index is 0.441. The van der Waals surface area contributed by atoms with Crippen LogP contribution in [0.5, 0.6) is 5.75 Å². The van der Waals surface area contributed by atoms with Crippen molar-refractivity contribution in [2.24, 2.45) is 0 Å². The molecule has 1 aromatic rings. The summed E-state index contributed by atoms with van der Waals surface area (Å²) in [6, 6.07) is 5.77. The van der Waals surface area contributed by atoms with Gasteiger partial charge in [-0.05, 0) is 38.1 Å². The number of ether oxygens (including phenoxy) is 2. The maximum Gasteiger partial charge on any atom is 0.347 e. The van der Waals surface area contributed by atoms with Crippen LogP contribution in [0.4, 0.5) is 4.79 Å². The van der Waals surface area contributed by atoms with Crippen LogP contribution >= 0.6 is 11.6 Å². The highest BCUT2D eigenvalue weighted by Gasteiger charge is 2.24. The fourth-order valence-corrected chi connectivity index (χ4v) is 1.49. The van der Waals surface area contributed by atoms with E-state index >= 15 is 0 Å². The summed E-state index contributed by atoms with van der Waals surface area (Å²) in [6.45, 7) is 2.84. The molecular weight excluding hydrogens is 312 g/mol. The maximum atomic E-state index is 11.8. The van der Waals surface area contributed by atoms with Crippen molar-refractivity contribution in [1.82, 2.24) is 10.6 Å². The molecule has 1 aromatic carbocycles. The molecular formula is C14H17ClN2O5. The highest BCUT2D eigenvalue weighted by Crippen LogP contribution is 2.17. The van der Waals surface area contributed by atoms with Gasteiger partial charge in [-0.15, -0.1) is 0 Å². The Morgan fingerprint density at radius 1 is 1.09 bits per heavy atom. The average molecular weight is 329 g/mol. The Bertz CT molecular complexity index is 547. The number of hydrogen-bond donors (Lipinski definition) is 2. The Kier molecular flexibility index (Phi) is 6.65. The number of imide groups is 1. The third-order valence-corrected chi connectivity index (χ3v) is 2.84. The molecule has 0 fully saturated rings. The lowest BCUT2D eigenvalue weighted by Gasteiger charge is -2.17. The quantitative estimate of drug-likeness (QED) is 0.799. The lowest BCUT2D eigenvalue weighted by atomic mass is 10.3. The summed E-state index contributed by atoms with van der Waals surface area (Å²) in [6.07, 6.45) is -2.04. The number of esters is 1. The highest BCUT2D eigenvalue weighted by molar-refractivity contribution is 6.30. The van der Waals surface area contributed by atoms with Gasteiger partial charge in [0.15, 0.2) is 12.2 Å². The Morgan fingerprint density at radius 2 is 1.68 bits per heavy atom. The molecule has 2 N–H and O–H groups in total. The summed E-state index contributed by atoms with van der Waals surface area (Å²) in [5, 5.41) is 4.77. The van der Waals surface area contributed by atoms with E-state index in [4.69, 9.17) is 21.1 Å². The van der Waals surface area contributed by atoms with E-state index in [2.05, 4.69) is 5.32 Å². The molecule has 0 radical (unpaired) electrons. The molecule has 0 saturated carbocycles. The average Bonchev–Trinajstić information content (AvgIpc) is 2.49. The van der Waals surface area contributed by atoms with Crippen molar-refractivity contribution in [3.8, 4) is 5.75 Å². The van der Waals surface area contributed by atoms with Crippen molar-refractivity contribution < 1.29 is 23.9 Å². The largest absolute Gasteiger partial charge is 0.479 e. The minimum atomic E-state index is -1.12. The number of nitrogens with one attached hydrogen (secondary N) is 2. The van der Waals surface area contributed by atoms with Crippen LogP contribution in [0.25, 0.3) is 0 Å². The summed E-state index contributed by atoms with van der Waals surface area (Å²) >= 11 is 5.74.